The smallest absolute Gasteiger partial charge is 0.307 e. The Morgan fingerprint density at radius 3 is 1.88 bits per heavy atom. The summed E-state index contributed by atoms with van der Waals surface area (Å²) in [5.41, 5.74) is 0.951. The van der Waals surface area contributed by atoms with Gasteiger partial charge in [0.2, 0.25) is 0 Å². The number of ether oxygens (including phenoxy) is 1. The standard InChI is InChI=1S/C34H45NO4SSi/c1-33(2,3)40(37)35-31(23-32(36)38-24-26-16-10-7-11-17-26)30-22-27(30)25-39-41(34(4,5)6,28-18-12-8-13-19-28)29-20-14-9-15-21-29/h7-21,27,30-31,35H,22-25H2,1-6H3/t27-,30+,31+,40-/m0/s1. The summed E-state index contributed by atoms with van der Waals surface area (Å²) in [6, 6.07) is 30.7. The van der Waals surface area contributed by atoms with Crippen molar-refractivity contribution in [2.75, 3.05) is 6.61 Å². The second kappa shape index (κ2) is 13.2. The van der Waals surface area contributed by atoms with Crippen molar-refractivity contribution in [1.82, 2.24) is 4.72 Å². The topological polar surface area (TPSA) is 64.6 Å². The molecule has 1 aliphatic carbocycles. The van der Waals surface area contributed by atoms with Crippen molar-refractivity contribution in [3.05, 3.63) is 96.6 Å². The first-order valence-corrected chi connectivity index (χ1v) is 17.6. The molecule has 0 amide bonds. The largest absolute Gasteiger partial charge is 0.461 e. The van der Waals surface area contributed by atoms with E-state index in [0.717, 1.165) is 12.0 Å². The Morgan fingerprint density at radius 1 is 0.878 bits per heavy atom. The highest BCUT2D eigenvalue weighted by Gasteiger charge is 2.52. The molecule has 3 aromatic rings. The maximum absolute atomic E-state index is 13.1. The van der Waals surface area contributed by atoms with Crippen LogP contribution in [0.2, 0.25) is 5.04 Å². The molecular weight excluding hydrogens is 547 g/mol. The lowest BCUT2D eigenvalue weighted by Crippen LogP contribution is -2.66. The lowest BCUT2D eigenvalue weighted by molar-refractivity contribution is -0.145. The van der Waals surface area contributed by atoms with Gasteiger partial charge in [-0.05, 0) is 60.0 Å². The number of carbonyl (C=O) groups excluding carboxylic acids is 1. The molecule has 4 rings (SSSR count). The van der Waals surface area contributed by atoms with Crippen LogP contribution in [0.5, 0.6) is 0 Å². The summed E-state index contributed by atoms with van der Waals surface area (Å²) in [5.74, 6) is 0.174. The van der Waals surface area contributed by atoms with Gasteiger partial charge in [0, 0.05) is 12.6 Å². The summed E-state index contributed by atoms with van der Waals surface area (Å²) in [7, 11) is -3.96. The molecule has 0 heterocycles. The third kappa shape index (κ3) is 7.83. The van der Waals surface area contributed by atoms with Crippen LogP contribution in [0, 0.1) is 11.8 Å². The monoisotopic (exact) mass is 591 g/mol. The molecule has 7 heteroatoms. The number of hydrogen-bond acceptors (Lipinski definition) is 4. The molecule has 0 radical (unpaired) electrons. The minimum atomic E-state index is -2.65. The molecule has 3 aromatic carbocycles. The van der Waals surface area contributed by atoms with Crippen LogP contribution in [-0.2, 0) is 31.5 Å². The van der Waals surface area contributed by atoms with Crippen LogP contribution in [0.4, 0.5) is 0 Å². The number of esters is 1. The predicted octanol–water partition coefficient (Wildman–Crippen LogP) is 5.75. The number of hydrogen-bond donors (Lipinski definition) is 1. The molecule has 0 saturated heterocycles. The molecule has 1 fully saturated rings. The Morgan fingerprint density at radius 2 is 1.39 bits per heavy atom. The average molecular weight is 592 g/mol. The maximum atomic E-state index is 13.1. The highest BCUT2D eigenvalue weighted by atomic mass is 32.2. The SMILES string of the molecule is CC(C)(C)[S@](=O)N[C@H](CC(=O)OCc1ccccc1)[C@@H]1C[C@H]1CO[Si](c1ccccc1)(c1ccccc1)C(C)(C)C. The van der Waals surface area contributed by atoms with Gasteiger partial charge in [0.1, 0.15) is 6.61 Å². The number of benzene rings is 3. The van der Waals surface area contributed by atoms with E-state index in [1.54, 1.807) is 0 Å². The average Bonchev–Trinajstić information content (AvgIpc) is 3.72. The van der Waals surface area contributed by atoms with Crippen molar-refractivity contribution in [2.24, 2.45) is 11.8 Å². The quantitative estimate of drug-likeness (QED) is 0.215. The van der Waals surface area contributed by atoms with Gasteiger partial charge in [-0.25, -0.2) is 8.93 Å². The van der Waals surface area contributed by atoms with Gasteiger partial charge >= 0.3 is 5.97 Å². The fraction of sp³-hybridized carbons (Fsp3) is 0.441. The zero-order chi connectivity index (χ0) is 29.7. The van der Waals surface area contributed by atoms with Crippen molar-refractivity contribution < 1.29 is 18.2 Å². The fourth-order valence-corrected chi connectivity index (χ4v) is 11.0. The van der Waals surface area contributed by atoms with Gasteiger partial charge in [0.05, 0.1) is 22.2 Å². The number of rotatable bonds is 12. The second-order valence-corrected chi connectivity index (χ2v) is 19.4. The van der Waals surface area contributed by atoms with E-state index in [2.05, 4.69) is 86.2 Å². The first kappa shape index (κ1) is 31.4. The van der Waals surface area contributed by atoms with E-state index in [9.17, 15) is 9.00 Å². The molecule has 4 atom stereocenters. The molecular formula is C34H45NO4SSi. The molecule has 1 aliphatic rings. The van der Waals surface area contributed by atoms with Gasteiger partial charge in [-0.1, -0.05) is 112 Å². The molecule has 220 valence electrons. The van der Waals surface area contributed by atoms with Gasteiger partial charge in [-0.15, -0.1) is 0 Å². The summed E-state index contributed by atoms with van der Waals surface area (Å²) in [4.78, 5) is 12.9. The van der Waals surface area contributed by atoms with Gasteiger partial charge in [0.15, 0.2) is 0 Å². The predicted molar refractivity (Wildman–Crippen MR) is 171 cm³/mol. The molecule has 5 nitrogen and oxygen atoms in total. The van der Waals surface area contributed by atoms with Crippen molar-refractivity contribution in [3.63, 3.8) is 0 Å². The summed E-state index contributed by atoms with van der Waals surface area (Å²) < 4.78 is 28.8. The van der Waals surface area contributed by atoms with Gasteiger partial charge < -0.3 is 9.16 Å². The summed E-state index contributed by atoms with van der Waals surface area (Å²) >= 11 is 0. The first-order valence-electron chi connectivity index (χ1n) is 14.5. The van der Waals surface area contributed by atoms with E-state index in [1.807, 2.05) is 51.1 Å². The fourth-order valence-electron chi connectivity index (χ4n) is 5.52. The Balaban J connectivity index is 1.51. The third-order valence-corrected chi connectivity index (χ3v) is 14.5. The molecule has 1 N–H and O–H groups in total. The Labute approximate surface area is 249 Å². The van der Waals surface area contributed by atoms with Gasteiger partial charge in [-0.2, -0.15) is 0 Å². The van der Waals surface area contributed by atoms with Crippen molar-refractivity contribution >= 4 is 35.6 Å². The van der Waals surface area contributed by atoms with E-state index < -0.39 is 24.1 Å². The summed E-state index contributed by atoms with van der Waals surface area (Å²) in [6.07, 6.45) is 1.10. The zero-order valence-corrected chi connectivity index (χ0v) is 27.1. The number of nitrogens with one attached hydrogen (secondary N) is 1. The highest BCUT2D eigenvalue weighted by Crippen LogP contribution is 2.45. The van der Waals surface area contributed by atoms with Crippen LogP contribution in [0.15, 0.2) is 91.0 Å². The summed E-state index contributed by atoms with van der Waals surface area (Å²) in [5, 5.41) is 2.40. The summed E-state index contributed by atoms with van der Waals surface area (Å²) in [6.45, 7) is 13.5. The zero-order valence-electron chi connectivity index (χ0n) is 25.3. The molecule has 0 aliphatic heterocycles. The molecule has 1 saturated carbocycles. The van der Waals surface area contributed by atoms with Crippen molar-refractivity contribution in [2.45, 2.75) is 76.8 Å². The van der Waals surface area contributed by atoms with E-state index in [4.69, 9.17) is 9.16 Å². The van der Waals surface area contributed by atoms with Crippen LogP contribution in [0.3, 0.4) is 0 Å². The van der Waals surface area contributed by atoms with Crippen LogP contribution < -0.4 is 15.1 Å². The van der Waals surface area contributed by atoms with E-state index >= 15 is 0 Å². The molecule has 0 bridgehead atoms. The molecule has 0 unspecified atom stereocenters. The van der Waals surface area contributed by atoms with Crippen LogP contribution in [-0.4, -0.2) is 35.9 Å². The normalized spacial score (nSPS) is 18.9. The minimum absolute atomic E-state index is 0.104. The van der Waals surface area contributed by atoms with Crippen molar-refractivity contribution in [3.8, 4) is 0 Å². The van der Waals surface area contributed by atoms with E-state index in [1.165, 1.54) is 10.4 Å². The Kier molecular flexibility index (Phi) is 10.1. The lowest BCUT2D eigenvalue weighted by Gasteiger charge is -2.43. The maximum Gasteiger partial charge on any atom is 0.307 e. The van der Waals surface area contributed by atoms with Crippen LogP contribution in [0.1, 0.15) is 59.9 Å². The van der Waals surface area contributed by atoms with Crippen LogP contribution in [0.25, 0.3) is 0 Å². The second-order valence-electron chi connectivity index (χ2n) is 13.1. The lowest BCUT2D eigenvalue weighted by atomic mass is 10.1. The minimum Gasteiger partial charge on any atom is -0.461 e. The van der Waals surface area contributed by atoms with Gasteiger partial charge in [0.25, 0.3) is 8.32 Å². The van der Waals surface area contributed by atoms with Crippen LogP contribution >= 0.6 is 0 Å². The highest BCUT2D eigenvalue weighted by molar-refractivity contribution is 7.84. The Bertz CT molecular complexity index is 1250. The molecule has 0 spiro atoms. The first-order chi connectivity index (χ1) is 19.4. The Hall–Kier alpha value is -2.58. The third-order valence-electron chi connectivity index (χ3n) is 7.87. The van der Waals surface area contributed by atoms with E-state index in [-0.39, 0.29) is 41.9 Å². The number of carbonyl (C=O) groups is 1. The van der Waals surface area contributed by atoms with Gasteiger partial charge in [-0.3, -0.25) is 4.79 Å². The van der Waals surface area contributed by atoms with Crippen molar-refractivity contribution in [1.29, 1.82) is 0 Å². The van der Waals surface area contributed by atoms with E-state index in [0.29, 0.717) is 6.61 Å². The molecule has 41 heavy (non-hydrogen) atoms. The molecule has 0 aromatic heterocycles.